The fourth-order valence-corrected chi connectivity index (χ4v) is 2.34. The highest BCUT2D eigenvalue weighted by Gasteiger charge is 2.10. The lowest BCUT2D eigenvalue weighted by Gasteiger charge is -2.20. The van der Waals surface area contributed by atoms with Crippen molar-refractivity contribution >= 4 is 10.8 Å². The molecule has 0 heterocycles. The van der Waals surface area contributed by atoms with Gasteiger partial charge in [-0.05, 0) is 18.5 Å². The Labute approximate surface area is 109 Å². The van der Waals surface area contributed by atoms with Crippen LogP contribution in [0.4, 0.5) is 0 Å². The quantitative estimate of drug-likeness (QED) is 0.794. The van der Waals surface area contributed by atoms with Crippen molar-refractivity contribution in [3.05, 3.63) is 42.0 Å². The molecule has 0 unspecified atom stereocenters. The molecule has 0 atom stereocenters. The van der Waals surface area contributed by atoms with E-state index >= 15 is 0 Å². The van der Waals surface area contributed by atoms with E-state index in [1.54, 1.807) is 7.11 Å². The van der Waals surface area contributed by atoms with Crippen LogP contribution in [0.2, 0.25) is 0 Å². The van der Waals surface area contributed by atoms with E-state index < -0.39 is 0 Å². The van der Waals surface area contributed by atoms with Crippen LogP contribution in [0.1, 0.15) is 19.4 Å². The summed E-state index contributed by atoms with van der Waals surface area (Å²) in [6.45, 7) is 7.45. The highest BCUT2D eigenvalue weighted by atomic mass is 16.5. The predicted octanol–water partition coefficient (Wildman–Crippen LogP) is 3.69. The Morgan fingerprint density at radius 3 is 2.39 bits per heavy atom. The molecular formula is C16H21NO. The summed E-state index contributed by atoms with van der Waals surface area (Å²) in [4.78, 5) is 2.40. The molecule has 0 fully saturated rings. The molecule has 0 saturated heterocycles. The molecule has 0 amide bonds. The van der Waals surface area contributed by atoms with Gasteiger partial charge in [0.1, 0.15) is 5.75 Å². The number of hydrogen-bond donors (Lipinski definition) is 0. The average molecular weight is 243 g/mol. The summed E-state index contributed by atoms with van der Waals surface area (Å²) < 4.78 is 5.62. The van der Waals surface area contributed by atoms with Crippen molar-refractivity contribution < 1.29 is 4.74 Å². The van der Waals surface area contributed by atoms with Gasteiger partial charge in [0.2, 0.25) is 0 Å². The standard InChI is InChI=1S/C16H21NO/c1-4-17(5-2)12-14-11-10-13-8-6-7-9-15(13)16(14)18-3/h6-11H,4-5,12H2,1-3H3. The number of ether oxygens (including phenoxy) is 1. The Kier molecular flexibility index (Phi) is 4.21. The van der Waals surface area contributed by atoms with E-state index in [2.05, 4.69) is 55.1 Å². The zero-order valence-corrected chi connectivity index (χ0v) is 11.4. The second-order valence-electron chi connectivity index (χ2n) is 4.44. The molecular weight excluding hydrogens is 222 g/mol. The van der Waals surface area contributed by atoms with E-state index in [4.69, 9.17) is 4.74 Å². The molecule has 2 aromatic carbocycles. The Morgan fingerprint density at radius 2 is 1.72 bits per heavy atom. The smallest absolute Gasteiger partial charge is 0.131 e. The molecule has 2 rings (SSSR count). The lowest BCUT2D eigenvalue weighted by molar-refractivity contribution is 0.290. The van der Waals surface area contributed by atoms with Crippen molar-refractivity contribution in [1.29, 1.82) is 0 Å². The van der Waals surface area contributed by atoms with Crippen LogP contribution < -0.4 is 4.74 Å². The zero-order chi connectivity index (χ0) is 13.0. The maximum atomic E-state index is 5.62. The summed E-state index contributed by atoms with van der Waals surface area (Å²) in [6, 6.07) is 12.7. The summed E-state index contributed by atoms with van der Waals surface area (Å²) in [7, 11) is 1.76. The first-order chi connectivity index (χ1) is 8.80. The van der Waals surface area contributed by atoms with Crippen LogP contribution >= 0.6 is 0 Å². The van der Waals surface area contributed by atoms with Gasteiger partial charge in [0.05, 0.1) is 7.11 Å². The van der Waals surface area contributed by atoms with E-state index in [0.29, 0.717) is 0 Å². The number of benzene rings is 2. The fourth-order valence-electron chi connectivity index (χ4n) is 2.34. The summed E-state index contributed by atoms with van der Waals surface area (Å²) in [6.07, 6.45) is 0. The van der Waals surface area contributed by atoms with Gasteiger partial charge >= 0.3 is 0 Å². The molecule has 0 N–H and O–H groups in total. The Balaban J connectivity index is 2.44. The van der Waals surface area contributed by atoms with E-state index in [0.717, 1.165) is 25.4 Å². The topological polar surface area (TPSA) is 12.5 Å². The minimum Gasteiger partial charge on any atom is -0.496 e. The summed E-state index contributed by atoms with van der Waals surface area (Å²) in [5.41, 5.74) is 1.26. The number of nitrogens with zero attached hydrogens (tertiary/aromatic N) is 1. The lowest BCUT2D eigenvalue weighted by Crippen LogP contribution is -2.22. The maximum Gasteiger partial charge on any atom is 0.131 e. The third kappa shape index (κ3) is 2.49. The molecule has 0 aromatic heterocycles. The van der Waals surface area contributed by atoms with Crippen LogP contribution in [0, 0.1) is 0 Å². The SMILES string of the molecule is CCN(CC)Cc1ccc2ccccc2c1OC. The van der Waals surface area contributed by atoms with Gasteiger partial charge in [0.25, 0.3) is 0 Å². The molecule has 2 heteroatoms. The second-order valence-corrected chi connectivity index (χ2v) is 4.44. The first-order valence-corrected chi connectivity index (χ1v) is 6.57. The molecule has 2 aromatic rings. The van der Waals surface area contributed by atoms with Gasteiger partial charge in [-0.15, -0.1) is 0 Å². The van der Waals surface area contributed by atoms with Gasteiger partial charge < -0.3 is 4.74 Å². The van der Waals surface area contributed by atoms with Gasteiger partial charge in [-0.2, -0.15) is 0 Å². The Hall–Kier alpha value is -1.54. The van der Waals surface area contributed by atoms with Crippen LogP contribution in [0.3, 0.4) is 0 Å². The first kappa shape index (κ1) is 12.9. The van der Waals surface area contributed by atoms with Gasteiger partial charge in [-0.1, -0.05) is 50.2 Å². The number of rotatable bonds is 5. The molecule has 0 aliphatic heterocycles. The van der Waals surface area contributed by atoms with Crippen molar-refractivity contribution in [2.24, 2.45) is 0 Å². The van der Waals surface area contributed by atoms with E-state index in [1.807, 2.05) is 0 Å². The number of hydrogen-bond acceptors (Lipinski definition) is 2. The molecule has 18 heavy (non-hydrogen) atoms. The minimum atomic E-state index is 0.945. The summed E-state index contributed by atoms with van der Waals surface area (Å²) in [5.74, 6) is 1.01. The average Bonchev–Trinajstić information content (AvgIpc) is 2.44. The molecule has 96 valence electrons. The van der Waals surface area contributed by atoms with Gasteiger partial charge in [-0.3, -0.25) is 4.90 Å². The number of fused-ring (bicyclic) bond motifs is 1. The summed E-state index contributed by atoms with van der Waals surface area (Å²) in [5, 5.41) is 2.43. The lowest BCUT2D eigenvalue weighted by atomic mass is 10.0. The molecule has 0 spiro atoms. The molecule has 0 bridgehead atoms. The molecule has 0 aliphatic carbocycles. The highest BCUT2D eigenvalue weighted by molar-refractivity contribution is 5.89. The van der Waals surface area contributed by atoms with Gasteiger partial charge in [0, 0.05) is 17.5 Å². The third-order valence-corrected chi connectivity index (χ3v) is 3.45. The number of methoxy groups -OCH3 is 1. The minimum absolute atomic E-state index is 0.945. The maximum absolute atomic E-state index is 5.62. The molecule has 2 nitrogen and oxygen atoms in total. The van der Waals surface area contributed by atoms with Gasteiger partial charge in [-0.25, -0.2) is 0 Å². The van der Waals surface area contributed by atoms with E-state index in [-0.39, 0.29) is 0 Å². The van der Waals surface area contributed by atoms with Crippen molar-refractivity contribution in [2.75, 3.05) is 20.2 Å². The predicted molar refractivity (Wildman–Crippen MR) is 77.1 cm³/mol. The monoisotopic (exact) mass is 243 g/mol. The van der Waals surface area contributed by atoms with Crippen molar-refractivity contribution in [3.8, 4) is 5.75 Å². The van der Waals surface area contributed by atoms with Crippen LogP contribution in [0.15, 0.2) is 36.4 Å². The van der Waals surface area contributed by atoms with Crippen LogP contribution in [0.5, 0.6) is 5.75 Å². The Bertz CT molecular complexity index is 517. The largest absolute Gasteiger partial charge is 0.496 e. The summed E-state index contributed by atoms with van der Waals surface area (Å²) >= 11 is 0. The Morgan fingerprint density at radius 1 is 1.00 bits per heavy atom. The molecule has 0 aliphatic rings. The molecule has 0 saturated carbocycles. The second kappa shape index (κ2) is 5.87. The van der Waals surface area contributed by atoms with Crippen LogP contribution in [-0.4, -0.2) is 25.1 Å². The van der Waals surface area contributed by atoms with Gasteiger partial charge in [0.15, 0.2) is 0 Å². The normalized spacial score (nSPS) is 11.1. The van der Waals surface area contributed by atoms with Crippen molar-refractivity contribution in [1.82, 2.24) is 4.90 Å². The zero-order valence-electron chi connectivity index (χ0n) is 11.4. The molecule has 0 radical (unpaired) electrons. The fraction of sp³-hybridized carbons (Fsp3) is 0.375. The van der Waals surface area contributed by atoms with E-state index in [9.17, 15) is 0 Å². The van der Waals surface area contributed by atoms with E-state index in [1.165, 1.54) is 16.3 Å². The van der Waals surface area contributed by atoms with Crippen LogP contribution in [-0.2, 0) is 6.54 Å². The van der Waals surface area contributed by atoms with Crippen molar-refractivity contribution in [2.45, 2.75) is 20.4 Å². The van der Waals surface area contributed by atoms with Crippen LogP contribution in [0.25, 0.3) is 10.8 Å². The van der Waals surface area contributed by atoms with Crippen molar-refractivity contribution in [3.63, 3.8) is 0 Å². The third-order valence-electron chi connectivity index (χ3n) is 3.45. The highest BCUT2D eigenvalue weighted by Crippen LogP contribution is 2.30. The first-order valence-electron chi connectivity index (χ1n) is 6.57.